The van der Waals surface area contributed by atoms with Crippen LogP contribution < -0.4 is 15.4 Å². The number of amides is 2. The van der Waals surface area contributed by atoms with Crippen molar-refractivity contribution in [3.63, 3.8) is 0 Å². The molecule has 0 bridgehead atoms. The van der Waals surface area contributed by atoms with Crippen LogP contribution in [0.1, 0.15) is 5.56 Å². The number of anilines is 1. The Hall–Kier alpha value is -2.15. The van der Waals surface area contributed by atoms with Crippen LogP contribution in [-0.2, 0) is 6.54 Å². The lowest BCUT2D eigenvalue weighted by molar-refractivity contribution is 0.251. The topological polar surface area (TPSA) is 76.1 Å². The van der Waals surface area contributed by atoms with Crippen LogP contribution in [-0.4, -0.2) is 23.1 Å². The largest absolute Gasteiger partial charge is 0.497 e. The number of benzene rings is 1. The molecule has 0 aliphatic heterocycles. The van der Waals surface area contributed by atoms with Gasteiger partial charge in [-0.2, -0.15) is 0 Å². The van der Waals surface area contributed by atoms with E-state index in [9.17, 15) is 4.79 Å². The molecule has 2 amide bonds. The zero-order chi connectivity index (χ0) is 14.4. The first-order valence-electron chi connectivity index (χ1n) is 5.82. The Morgan fingerprint density at radius 2 is 2.10 bits per heavy atom. The Kier molecular flexibility index (Phi) is 4.89. The molecule has 0 spiro atoms. The van der Waals surface area contributed by atoms with E-state index in [-0.39, 0.29) is 12.0 Å². The summed E-state index contributed by atoms with van der Waals surface area (Å²) < 4.78 is 5.87. The number of hydrogen-bond acceptors (Lipinski definition) is 4. The van der Waals surface area contributed by atoms with E-state index in [4.69, 9.17) is 4.74 Å². The van der Waals surface area contributed by atoms with Crippen LogP contribution >= 0.6 is 15.9 Å². The lowest BCUT2D eigenvalue weighted by atomic mass is 10.2. The van der Waals surface area contributed by atoms with E-state index in [1.165, 1.54) is 0 Å². The molecule has 0 aliphatic carbocycles. The van der Waals surface area contributed by atoms with Gasteiger partial charge in [0.1, 0.15) is 5.75 Å². The quantitative estimate of drug-likeness (QED) is 0.899. The maximum absolute atomic E-state index is 11.7. The van der Waals surface area contributed by atoms with Crippen LogP contribution in [0.4, 0.5) is 10.7 Å². The maximum Gasteiger partial charge on any atom is 0.321 e. The summed E-state index contributed by atoms with van der Waals surface area (Å²) in [5.74, 6) is 0.997. The molecule has 0 saturated carbocycles. The van der Waals surface area contributed by atoms with E-state index in [2.05, 4.69) is 36.5 Å². The molecule has 0 saturated heterocycles. The Labute approximate surface area is 124 Å². The molecule has 1 aromatic heterocycles. The molecule has 0 fully saturated rings. The van der Waals surface area contributed by atoms with Gasteiger partial charge in [0.2, 0.25) is 5.95 Å². The van der Waals surface area contributed by atoms with Gasteiger partial charge in [0.05, 0.1) is 11.6 Å². The van der Waals surface area contributed by atoms with E-state index >= 15 is 0 Å². The molecule has 0 radical (unpaired) electrons. The second kappa shape index (κ2) is 6.85. The zero-order valence-electron chi connectivity index (χ0n) is 10.8. The van der Waals surface area contributed by atoms with Crippen LogP contribution in [0.3, 0.4) is 0 Å². The molecule has 104 valence electrons. The highest BCUT2D eigenvalue weighted by molar-refractivity contribution is 9.10. The molecule has 0 atom stereocenters. The standard InChI is InChI=1S/C13H13BrN4O2/c1-20-11-4-2-3-9(5-11)6-17-13(19)18-12-15-7-10(14)8-16-12/h2-5,7-8H,6H2,1H3,(H2,15,16,17,18,19). The molecule has 2 aromatic rings. The van der Waals surface area contributed by atoms with Crippen LogP contribution in [0, 0.1) is 0 Å². The Balaban J connectivity index is 1.87. The first-order valence-corrected chi connectivity index (χ1v) is 6.62. The smallest absolute Gasteiger partial charge is 0.321 e. The maximum atomic E-state index is 11.7. The van der Waals surface area contributed by atoms with Crippen LogP contribution in [0.2, 0.25) is 0 Å². The van der Waals surface area contributed by atoms with Gasteiger partial charge in [0.15, 0.2) is 0 Å². The van der Waals surface area contributed by atoms with Crippen molar-refractivity contribution in [3.8, 4) is 5.75 Å². The average molecular weight is 337 g/mol. The summed E-state index contributed by atoms with van der Waals surface area (Å²) in [7, 11) is 1.60. The van der Waals surface area contributed by atoms with Crippen LogP contribution in [0.25, 0.3) is 0 Å². The predicted molar refractivity (Wildman–Crippen MR) is 78.6 cm³/mol. The Morgan fingerprint density at radius 1 is 1.35 bits per heavy atom. The highest BCUT2D eigenvalue weighted by atomic mass is 79.9. The van der Waals surface area contributed by atoms with E-state index in [1.54, 1.807) is 19.5 Å². The van der Waals surface area contributed by atoms with Crippen molar-refractivity contribution in [3.05, 3.63) is 46.7 Å². The molecule has 1 aromatic carbocycles. The molecule has 2 rings (SSSR count). The number of ether oxygens (including phenoxy) is 1. The number of nitrogens with zero attached hydrogens (tertiary/aromatic N) is 2. The predicted octanol–water partition coefficient (Wildman–Crippen LogP) is 2.57. The van der Waals surface area contributed by atoms with Crippen molar-refractivity contribution in [2.24, 2.45) is 0 Å². The van der Waals surface area contributed by atoms with Crippen LogP contribution in [0.15, 0.2) is 41.1 Å². The molecule has 0 unspecified atom stereocenters. The van der Waals surface area contributed by atoms with E-state index in [0.717, 1.165) is 15.8 Å². The van der Waals surface area contributed by atoms with Gasteiger partial charge in [-0.05, 0) is 33.6 Å². The third kappa shape index (κ3) is 4.20. The van der Waals surface area contributed by atoms with E-state index in [1.807, 2.05) is 24.3 Å². The fourth-order valence-corrected chi connectivity index (χ4v) is 1.69. The minimum atomic E-state index is -0.366. The molecule has 20 heavy (non-hydrogen) atoms. The van der Waals surface area contributed by atoms with Crippen molar-refractivity contribution < 1.29 is 9.53 Å². The number of methoxy groups -OCH3 is 1. The van der Waals surface area contributed by atoms with Gasteiger partial charge in [0.25, 0.3) is 0 Å². The average Bonchev–Trinajstić information content (AvgIpc) is 2.48. The van der Waals surface area contributed by atoms with Gasteiger partial charge in [0, 0.05) is 18.9 Å². The molecule has 1 heterocycles. The van der Waals surface area contributed by atoms with Crippen molar-refractivity contribution in [2.45, 2.75) is 6.54 Å². The number of nitrogens with one attached hydrogen (secondary N) is 2. The third-order valence-corrected chi connectivity index (χ3v) is 2.84. The number of urea groups is 1. The summed E-state index contributed by atoms with van der Waals surface area (Å²) in [6, 6.07) is 7.11. The van der Waals surface area contributed by atoms with E-state index < -0.39 is 0 Å². The van der Waals surface area contributed by atoms with Gasteiger partial charge in [-0.3, -0.25) is 5.32 Å². The fraction of sp³-hybridized carbons (Fsp3) is 0.154. The van der Waals surface area contributed by atoms with Crippen molar-refractivity contribution in [1.29, 1.82) is 0 Å². The number of hydrogen-bond donors (Lipinski definition) is 2. The summed E-state index contributed by atoms with van der Waals surface area (Å²) in [5.41, 5.74) is 0.941. The van der Waals surface area contributed by atoms with Gasteiger partial charge >= 0.3 is 6.03 Å². The lowest BCUT2D eigenvalue weighted by Gasteiger charge is -2.07. The summed E-state index contributed by atoms with van der Waals surface area (Å²) in [4.78, 5) is 19.6. The number of rotatable bonds is 4. The summed E-state index contributed by atoms with van der Waals surface area (Å²) in [6.07, 6.45) is 3.12. The first-order chi connectivity index (χ1) is 9.67. The first kappa shape index (κ1) is 14.3. The SMILES string of the molecule is COc1cccc(CNC(=O)Nc2ncc(Br)cn2)c1. The zero-order valence-corrected chi connectivity index (χ0v) is 12.3. The number of aromatic nitrogens is 2. The van der Waals surface area contributed by atoms with E-state index in [0.29, 0.717) is 6.54 Å². The Morgan fingerprint density at radius 3 is 2.80 bits per heavy atom. The van der Waals surface area contributed by atoms with Gasteiger partial charge in [-0.25, -0.2) is 14.8 Å². The molecular weight excluding hydrogens is 324 g/mol. The molecule has 2 N–H and O–H groups in total. The molecule has 7 heteroatoms. The molecule has 0 aliphatic rings. The minimum Gasteiger partial charge on any atom is -0.497 e. The monoisotopic (exact) mass is 336 g/mol. The number of carbonyl (C=O) groups is 1. The summed E-state index contributed by atoms with van der Waals surface area (Å²) in [6.45, 7) is 0.388. The molecule has 6 nitrogen and oxygen atoms in total. The van der Waals surface area contributed by atoms with Gasteiger partial charge in [-0.1, -0.05) is 12.1 Å². The fourth-order valence-electron chi connectivity index (χ4n) is 1.49. The van der Waals surface area contributed by atoms with Crippen LogP contribution in [0.5, 0.6) is 5.75 Å². The third-order valence-electron chi connectivity index (χ3n) is 2.43. The minimum absolute atomic E-state index is 0.247. The van der Waals surface area contributed by atoms with Gasteiger partial charge in [-0.15, -0.1) is 0 Å². The van der Waals surface area contributed by atoms with Gasteiger partial charge < -0.3 is 10.1 Å². The lowest BCUT2D eigenvalue weighted by Crippen LogP contribution is -2.28. The van der Waals surface area contributed by atoms with Crippen molar-refractivity contribution in [2.75, 3.05) is 12.4 Å². The second-order valence-corrected chi connectivity index (χ2v) is 4.80. The Bertz CT molecular complexity index is 589. The van der Waals surface area contributed by atoms with Crippen molar-refractivity contribution in [1.82, 2.24) is 15.3 Å². The summed E-state index contributed by atoms with van der Waals surface area (Å²) >= 11 is 3.22. The molecular formula is C13H13BrN4O2. The second-order valence-electron chi connectivity index (χ2n) is 3.88. The summed E-state index contributed by atoms with van der Waals surface area (Å²) in [5, 5.41) is 5.26. The highest BCUT2D eigenvalue weighted by Gasteiger charge is 2.04. The van der Waals surface area contributed by atoms with Crippen molar-refractivity contribution >= 4 is 27.9 Å². The normalized spacial score (nSPS) is 9.90. The number of carbonyl (C=O) groups excluding carboxylic acids is 1. The number of halogens is 1. The highest BCUT2D eigenvalue weighted by Crippen LogP contribution is 2.12.